The van der Waals surface area contributed by atoms with Crippen molar-refractivity contribution in [2.24, 2.45) is 0 Å². The number of aromatic nitrogens is 1. The van der Waals surface area contributed by atoms with Crippen molar-refractivity contribution in [1.29, 1.82) is 0 Å². The molecule has 1 atom stereocenters. The Morgan fingerprint density at radius 3 is 2.19 bits per heavy atom. The summed E-state index contributed by atoms with van der Waals surface area (Å²) in [4.78, 5) is 17.1. The molecule has 1 aromatic heterocycles. The summed E-state index contributed by atoms with van der Waals surface area (Å²) in [6.45, 7) is 10.9. The predicted molar refractivity (Wildman–Crippen MR) is 134 cm³/mol. The van der Waals surface area contributed by atoms with Crippen molar-refractivity contribution < 1.29 is 32.5 Å². The number of thiazole rings is 1. The second kappa shape index (κ2) is 10.1. The van der Waals surface area contributed by atoms with E-state index in [2.05, 4.69) is 4.98 Å². The van der Waals surface area contributed by atoms with E-state index in [1.54, 1.807) is 25.1 Å². The van der Waals surface area contributed by atoms with Crippen LogP contribution in [0.15, 0.2) is 42.5 Å². The molecule has 0 radical (unpaired) electrons. The lowest BCUT2D eigenvalue weighted by atomic mass is 10.0. The van der Waals surface area contributed by atoms with Gasteiger partial charge in [-0.2, -0.15) is 13.2 Å². The van der Waals surface area contributed by atoms with E-state index < -0.39 is 28.9 Å². The van der Waals surface area contributed by atoms with Gasteiger partial charge < -0.3 is 14.6 Å². The fourth-order valence-electron chi connectivity index (χ4n) is 3.94. The molecule has 1 N–H and O–H groups in total. The van der Waals surface area contributed by atoms with E-state index in [-0.39, 0.29) is 0 Å². The Labute approximate surface area is 212 Å². The van der Waals surface area contributed by atoms with Crippen LogP contribution in [0.25, 0.3) is 10.6 Å². The van der Waals surface area contributed by atoms with Gasteiger partial charge in [0.15, 0.2) is 0 Å². The van der Waals surface area contributed by atoms with Gasteiger partial charge in [0.1, 0.15) is 22.1 Å². The first kappa shape index (κ1) is 27.5. The quantitative estimate of drug-likeness (QED) is 0.311. The summed E-state index contributed by atoms with van der Waals surface area (Å²) >= 11 is 1.37. The highest BCUT2D eigenvalue weighted by Crippen LogP contribution is 2.39. The third kappa shape index (κ3) is 6.00. The van der Waals surface area contributed by atoms with Crippen molar-refractivity contribution in [2.75, 3.05) is 0 Å². The van der Waals surface area contributed by atoms with Gasteiger partial charge >= 0.3 is 12.1 Å². The van der Waals surface area contributed by atoms with Crippen LogP contribution in [0.4, 0.5) is 13.2 Å². The van der Waals surface area contributed by atoms with Crippen molar-refractivity contribution >= 4 is 17.3 Å². The standard InChI is InChI=1S/C27H30F3NO4S/c1-7-14-26(6,24(32)33)35-21-13-12-20(15-16(21)2)34-25(4,5)22-17(3)31-23(36-22)18-8-10-19(11-9-18)27(28,29)30/h8-13,15H,7,14H2,1-6H3,(H,32,33). The Morgan fingerprint density at radius 1 is 1.03 bits per heavy atom. The average molecular weight is 522 g/mol. The summed E-state index contributed by atoms with van der Waals surface area (Å²) in [5.74, 6) is 0.0213. The number of carboxylic acids is 1. The number of halogens is 3. The van der Waals surface area contributed by atoms with Crippen LogP contribution < -0.4 is 9.47 Å². The Kier molecular flexibility index (Phi) is 7.74. The van der Waals surface area contributed by atoms with Crippen molar-refractivity contribution in [3.63, 3.8) is 0 Å². The number of hydrogen-bond donors (Lipinski definition) is 1. The number of aliphatic carboxylic acids is 1. The molecular weight excluding hydrogens is 491 g/mol. The minimum absolute atomic E-state index is 0.374. The topological polar surface area (TPSA) is 68.7 Å². The number of aryl methyl sites for hydroxylation is 2. The molecule has 0 amide bonds. The molecule has 0 aliphatic carbocycles. The normalized spacial score (nSPS) is 13.8. The maximum atomic E-state index is 12.9. The molecular formula is C27H30F3NO4S. The monoisotopic (exact) mass is 521 g/mol. The summed E-state index contributed by atoms with van der Waals surface area (Å²) < 4.78 is 50.8. The second-order valence-corrected chi connectivity index (χ2v) is 10.4. The minimum Gasteiger partial charge on any atom is -0.482 e. The molecule has 0 bridgehead atoms. The SMILES string of the molecule is CCCC(C)(Oc1ccc(OC(C)(C)c2sc(-c3ccc(C(F)(F)F)cc3)nc2C)cc1C)C(=O)O. The molecule has 5 nitrogen and oxygen atoms in total. The van der Waals surface area contributed by atoms with Gasteiger partial charge in [-0.15, -0.1) is 11.3 Å². The van der Waals surface area contributed by atoms with Crippen molar-refractivity contribution in [2.45, 2.75) is 71.8 Å². The molecule has 0 saturated carbocycles. The number of nitrogens with zero attached hydrogens (tertiary/aromatic N) is 1. The zero-order chi connectivity index (χ0) is 26.9. The van der Waals surface area contributed by atoms with Crippen LogP contribution >= 0.6 is 11.3 Å². The highest BCUT2D eigenvalue weighted by molar-refractivity contribution is 7.15. The summed E-state index contributed by atoms with van der Waals surface area (Å²) in [5, 5.41) is 10.2. The molecule has 1 unspecified atom stereocenters. The largest absolute Gasteiger partial charge is 0.482 e. The number of hydrogen-bond acceptors (Lipinski definition) is 5. The maximum absolute atomic E-state index is 12.9. The molecule has 9 heteroatoms. The average Bonchev–Trinajstić information content (AvgIpc) is 3.18. The molecule has 2 aromatic carbocycles. The van der Waals surface area contributed by atoms with Gasteiger partial charge in [-0.3, -0.25) is 0 Å². The molecule has 0 saturated heterocycles. The van der Waals surface area contributed by atoms with Crippen molar-refractivity contribution in [1.82, 2.24) is 4.98 Å². The molecule has 0 aliphatic heterocycles. The third-order valence-corrected chi connectivity index (χ3v) is 7.35. The van der Waals surface area contributed by atoms with Crippen LogP contribution in [-0.4, -0.2) is 21.7 Å². The Balaban J connectivity index is 1.82. The van der Waals surface area contributed by atoms with Gasteiger partial charge in [0, 0.05) is 5.56 Å². The first-order chi connectivity index (χ1) is 16.7. The van der Waals surface area contributed by atoms with Crippen LogP contribution in [0.1, 0.15) is 62.2 Å². The van der Waals surface area contributed by atoms with Crippen LogP contribution in [0.2, 0.25) is 0 Å². The maximum Gasteiger partial charge on any atom is 0.416 e. The van der Waals surface area contributed by atoms with Crippen molar-refractivity contribution in [3.05, 3.63) is 64.2 Å². The Morgan fingerprint density at radius 2 is 1.67 bits per heavy atom. The number of rotatable bonds is 9. The smallest absolute Gasteiger partial charge is 0.416 e. The third-order valence-electron chi connectivity index (χ3n) is 5.84. The number of alkyl halides is 3. The fraction of sp³-hybridized carbons (Fsp3) is 0.407. The van der Waals surface area contributed by atoms with E-state index >= 15 is 0 Å². The van der Waals surface area contributed by atoms with Gasteiger partial charge in [0.2, 0.25) is 5.60 Å². The number of ether oxygens (including phenoxy) is 2. The molecule has 0 aliphatic rings. The van der Waals surface area contributed by atoms with E-state index in [9.17, 15) is 23.1 Å². The van der Waals surface area contributed by atoms with E-state index in [0.29, 0.717) is 34.9 Å². The lowest BCUT2D eigenvalue weighted by molar-refractivity contribution is -0.154. The van der Waals surface area contributed by atoms with E-state index in [4.69, 9.17) is 9.47 Å². The minimum atomic E-state index is -4.39. The Bertz CT molecular complexity index is 1230. The fourth-order valence-corrected chi connectivity index (χ4v) is 5.05. The first-order valence-electron chi connectivity index (χ1n) is 11.5. The number of carbonyl (C=O) groups is 1. The zero-order valence-electron chi connectivity index (χ0n) is 21.1. The molecule has 0 spiro atoms. The second-order valence-electron chi connectivity index (χ2n) is 9.44. The molecule has 3 aromatic rings. The molecule has 36 heavy (non-hydrogen) atoms. The molecule has 3 rings (SSSR count). The molecule has 0 fully saturated rings. The van der Waals surface area contributed by atoms with E-state index in [1.807, 2.05) is 34.6 Å². The lowest BCUT2D eigenvalue weighted by Crippen LogP contribution is -2.41. The van der Waals surface area contributed by atoms with Gasteiger partial charge in [-0.05, 0) is 76.9 Å². The van der Waals surface area contributed by atoms with Gasteiger partial charge in [0.25, 0.3) is 0 Å². The number of carboxylic acid groups (broad SMARTS) is 1. The lowest BCUT2D eigenvalue weighted by Gasteiger charge is -2.28. The predicted octanol–water partition coefficient (Wildman–Crippen LogP) is 7.78. The molecule has 194 valence electrons. The van der Waals surface area contributed by atoms with Gasteiger partial charge in [-0.25, -0.2) is 9.78 Å². The summed E-state index contributed by atoms with van der Waals surface area (Å²) in [6.07, 6.45) is -3.35. The summed E-state index contributed by atoms with van der Waals surface area (Å²) in [7, 11) is 0. The van der Waals surface area contributed by atoms with E-state index in [1.165, 1.54) is 23.5 Å². The van der Waals surface area contributed by atoms with Crippen LogP contribution in [0.5, 0.6) is 11.5 Å². The molecule has 1 heterocycles. The van der Waals surface area contributed by atoms with Crippen LogP contribution in [0, 0.1) is 13.8 Å². The van der Waals surface area contributed by atoms with Crippen LogP contribution in [0.3, 0.4) is 0 Å². The highest BCUT2D eigenvalue weighted by Gasteiger charge is 2.35. The van der Waals surface area contributed by atoms with Gasteiger partial charge in [0.05, 0.1) is 16.1 Å². The zero-order valence-corrected chi connectivity index (χ0v) is 21.9. The van der Waals surface area contributed by atoms with Gasteiger partial charge in [-0.1, -0.05) is 25.5 Å². The highest BCUT2D eigenvalue weighted by atomic mass is 32.1. The first-order valence-corrected chi connectivity index (χ1v) is 12.4. The summed E-state index contributed by atoms with van der Waals surface area (Å²) in [5.41, 5.74) is -0.742. The van der Waals surface area contributed by atoms with Crippen LogP contribution in [-0.2, 0) is 16.6 Å². The summed E-state index contributed by atoms with van der Waals surface area (Å²) in [6, 6.07) is 10.2. The number of benzene rings is 2. The van der Waals surface area contributed by atoms with E-state index in [0.717, 1.165) is 28.3 Å². The Hall–Kier alpha value is -3.07. The van der Waals surface area contributed by atoms with Crippen molar-refractivity contribution in [3.8, 4) is 22.1 Å².